The first-order valence-corrected chi connectivity index (χ1v) is 7.79. The number of carbonyl (C=O) groups is 1. The Balaban J connectivity index is 1.85. The lowest BCUT2D eigenvalue weighted by molar-refractivity contribution is -0.118. The lowest BCUT2D eigenvalue weighted by atomic mass is 10.1. The van der Waals surface area contributed by atoms with E-state index in [1.54, 1.807) is 0 Å². The molecule has 1 amide bonds. The van der Waals surface area contributed by atoms with E-state index in [1.807, 2.05) is 38.1 Å². The van der Waals surface area contributed by atoms with Crippen LogP contribution in [-0.2, 0) is 4.79 Å². The highest BCUT2D eigenvalue weighted by atomic mass is 16.2. The van der Waals surface area contributed by atoms with Gasteiger partial charge < -0.3 is 10.6 Å². The maximum atomic E-state index is 12.2. The van der Waals surface area contributed by atoms with Crippen LogP contribution >= 0.6 is 0 Å². The molecule has 1 saturated carbocycles. The van der Waals surface area contributed by atoms with Gasteiger partial charge in [-0.1, -0.05) is 37.8 Å². The monoisotopic (exact) mass is 274 g/mol. The van der Waals surface area contributed by atoms with E-state index in [2.05, 4.69) is 10.6 Å². The van der Waals surface area contributed by atoms with Gasteiger partial charge in [-0.05, 0) is 44.4 Å². The van der Waals surface area contributed by atoms with Crippen molar-refractivity contribution < 1.29 is 4.79 Å². The minimum atomic E-state index is -0.140. The minimum Gasteiger partial charge on any atom is -0.325 e. The van der Waals surface area contributed by atoms with Crippen molar-refractivity contribution in [2.45, 2.75) is 64.5 Å². The van der Waals surface area contributed by atoms with Crippen LogP contribution in [0.2, 0.25) is 0 Å². The largest absolute Gasteiger partial charge is 0.325 e. The lowest BCUT2D eigenvalue weighted by Gasteiger charge is -2.21. The second kappa shape index (κ2) is 7.44. The summed E-state index contributed by atoms with van der Waals surface area (Å²) < 4.78 is 0. The Kier molecular flexibility index (Phi) is 5.60. The Labute approximate surface area is 122 Å². The van der Waals surface area contributed by atoms with Crippen LogP contribution in [0.4, 0.5) is 5.69 Å². The molecule has 2 rings (SSSR count). The first-order valence-electron chi connectivity index (χ1n) is 7.79. The van der Waals surface area contributed by atoms with E-state index in [9.17, 15) is 4.79 Å². The SMILES string of the molecule is Cc1cccc(NC(=O)[C@H](C)NC2CCCCCC2)c1. The molecular formula is C17H26N2O. The summed E-state index contributed by atoms with van der Waals surface area (Å²) in [5.41, 5.74) is 2.04. The lowest BCUT2D eigenvalue weighted by Crippen LogP contribution is -2.43. The quantitative estimate of drug-likeness (QED) is 0.823. The van der Waals surface area contributed by atoms with Gasteiger partial charge in [0.2, 0.25) is 5.91 Å². The number of amides is 1. The maximum absolute atomic E-state index is 12.2. The Morgan fingerprint density at radius 2 is 1.90 bits per heavy atom. The smallest absolute Gasteiger partial charge is 0.241 e. The van der Waals surface area contributed by atoms with E-state index in [-0.39, 0.29) is 11.9 Å². The van der Waals surface area contributed by atoms with Gasteiger partial charge in [-0.3, -0.25) is 4.79 Å². The summed E-state index contributed by atoms with van der Waals surface area (Å²) in [5, 5.41) is 6.47. The molecule has 0 bridgehead atoms. The molecule has 1 aliphatic rings. The molecule has 1 aliphatic carbocycles. The van der Waals surface area contributed by atoms with Crippen LogP contribution in [0.25, 0.3) is 0 Å². The van der Waals surface area contributed by atoms with E-state index in [4.69, 9.17) is 0 Å². The van der Waals surface area contributed by atoms with Crippen LogP contribution in [0.1, 0.15) is 51.0 Å². The molecule has 0 unspecified atom stereocenters. The fourth-order valence-electron chi connectivity index (χ4n) is 2.85. The number of carbonyl (C=O) groups excluding carboxylic acids is 1. The molecule has 0 saturated heterocycles. The topological polar surface area (TPSA) is 41.1 Å². The molecule has 1 atom stereocenters. The van der Waals surface area contributed by atoms with Gasteiger partial charge in [0.1, 0.15) is 0 Å². The van der Waals surface area contributed by atoms with Crippen molar-refractivity contribution >= 4 is 11.6 Å². The molecule has 0 spiro atoms. The number of aryl methyl sites for hydroxylation is 1. The Morgan fingerprint density at radius 3 is 2.55 bits per heavy atom. The zero-order chi connectivity index (χ0) is 14.4. The summed E-state index contributed by atoms with van der Waals surface area (Å²) in [7, 11) is 0. The highest BCUT2D eigenvalue weighted by Gasteiger charge is 2.19. The molecule has 0 heterocycles. The molecular weight excluding hydrogens is 248 g/mol. The van der Waals surface area contributed by atoms with Crippen LogP contribution in [0.15, 0.2) is 24.3 Å². The number of hydrogen-bond donors (Lipinski definition) is 2. The summed E-state index contributed by atoms with van der Waals surface area (Å²) in [6, 6.07) is 8.28. The van der Waals surface area contributed by atoms with Crippen LogP contribution in [0.3, 0.4) is 0 Å². The zero-order valence-electron chi connectivity index (χ0n) is 12.6. The number of benzene rings is 1. The zero-order valence-corrected chi connectivity index (χ0v) is 12.6. The van der Waals surface area contributed by atoms with Crippen molar-refractivity contribution in [1.82, 2.24) is 5.32 Å². The van der Waals surface area contributed by atoms with Gasteiger partial charge in [-0.2, -0.15) is 0 Å². The van der Waals surface area contributed by atoms with E-state index in [0.29, 0.717) is 6.04 Å². The fourth-order valence-corrected chi connectivity index (χ4v) is 2.85. The van der Waals surface area contributed by atoms with Crippen molar-refractivity contribution in [3.05, 3.63) is 29.8 Å². The van der Waals surface area contributed by atoms with Crippen molar-refractivity contribution in [2.75, 3.05) is 5.32 Å². The molecule has 1 aromatic rings. The van der Waals surface area contributed by atoms with Gasteiger partial charge in [0.15, 0.2) is 0 Å². The first kappa shape index (κ1) is 15.0. The van der Waals surface area contributed by atoms with E-state index >= 15 is 0 Å². The molecule has 1 aromatic carbocycles. The van der Waals surface area contributed by atoms with Crippen LogP contribution in [0.5, 0.6) is 0 Å². The van der Waals surface area contributed by atoms with Crippen LogP contribution in [0, 0.1) is 6.92 Å². The molecule has 0 aromatic heterocycles. The Morgan fingerprint density at radius 1 is 1.20 bits per heavy atom. The minimum absolute atomic E-state index is 0.0554. The molecule has 20 heavy (non-hydrogen) atoms. The number of anilines is 1. The third-order valence-corrected chi connectivity index (χ3v) is 4.02. The predicted octanol–water partition coefficient (Wildman–Crippen LogP) is 3.63. The molecule has 0 radical (unpaired) electrons. The maximum Gasteiger partial charge on any atom is 0.241 e. The van der Waals surface area contributed by atoms with Gasteiger partial charge in [0.25, 0.3) is 0 Å². The fraction of sp³-hybridized carbons (Fsp3) is 0.588. The third-order valence-electron chi connectivity index (χ3n) is 4.02. The number of rotatable bonds is 4. The second-order valence-electron chi connectivity index (χ2n) is 5.94. The summed E-state index contributed by atoms with van der Waals surface area (Å²) >= 11 is 0. The number of nitrogens with one attached hydrogen (secondary N) is 2. The summed E-state index contributed by atoms with van der Waals surface area (Å²) in [4.78, 5) is 12.2. The highest BCUT2D eigenvalue weighted by Crippen LogP contribution is 2.18. The van der Waals surface area contributed by atoms with E-state index in [1.165, 1.54) is 38.5 Å². The van der Waals surface area contributed by atoms with Gasteiger partial charge in [0.05, 0.1) is 6.04 Å². The van der Waals surface area contributed by atoms with Gasteiger partial charge >= 0.3 is 0 Å². The normalized spacial score (nSPS) is 18.3. The Bertz CT molecular complexity index is 436. The second-order valence-corrected chi connectivity index (χ2v) is 5.94. The van der Waals surface area contributed by atoms with Gasteiger partial charge in [0, 0.05) is 11.7 Å². The predicted molar refractivity (Wildman–Crippen MR) is 83.9 cm³/mol. The molecule has 3 nitrogen and oxygen atoms in total. The first-order chi connectivity index (χ1) is 9.65. The van der Waals surface area contributed by atoms with E-state index < -0.39 is 0 Å². The van der Waals surface area contributed by atoms with Crippen molar-refractivity contribution in [3.8, 4) is 0 Å². The van der Waals surface area contributed by atoms with Crippen molar-refractivity contribution in [2.24, 2.45) is 0 Å². The van der Waals surface area contributed by atoms with E-state index in [0.717, 1.165) is 11.3 Å². The average Bonchev–Trinajstić information content (AvgIpc) is 2.67. The third kappa shape index (κ3) is 4.64. The molecule has 3 heteroatoms. The standard InChI is InChI=1S/C17H26N2O/c1-13-8-7-11-16(12-13)19-17(20)14(2)18-15-9-5-3-4-6-10-15/h7-8,11-12,14-15,18H,3-6,9-10H2,1-2H3,(H,19,20)/t14-/m0/s1. The summed E-state index contributed by atoms with van der Waals surface area (Å²) in [6.45, 7) is 3.99. The highest BCUT2D eigenvalue weighted by molar-refractivity contribution is 5.94. The van der Waals surface area contributed by atoms with Crippen molar-refractivity contribution in [3.63, 3.8) is 0 Å². The van der Waals surface area contributed by atoms with Crippen LogP contribution in [-0.4, -0.2) is 18.0 Å². The number of hydrogen-bond acceptors (Lipinski definition) is 2. The van der Waals surface area contributed by atoms with Gasteiger partial charge in [-0.25, -0.2) is 0 Å². The molecule has 1 fully saturated rings. The molecule has 0 aliphatic heterocycles. The molecule has 2 N–H and O–H groups in total. The van der Waals surface area contributed by atoms with Crippen molar-refractivity contribution in [1.29, 1.82) is 0 Å². The summed E-state index contributed by atoms with van der Waals surface area (Å²) in [6.07, 6.45) is 7.63. The van der Waals surface area contributed by atoms with Crippen LogP contribution < -0.4 is 10.6 Å². The summed E-state index contributed by atoms with van der Waals surface area (Å²) in [5.74, 6) is 0.0554. The van der Waals surface area contributed by atoms with Gasteiger partial charge in [-0.15, -0.1) is 0 Å². The average molecular weight is 274 g/mol. The Hall–Kier alpha value is -1.35. The molecule has 110 valence electrons.